The largest absolute Gasteiger partial charge is 0.416 e. The quantitative estimate of drug-likeness (QED) is 0.813. The van der Waals surface area contributed by atoms with Gasteiger partial charge >= 0.3 is 6.18 Å². The van der Waals surface area contributed by atoms with Crippen LogP contribution in [0.3, 0.4) is 0 Å². The van der Waals surface area contributed by atoms with E-state index < -0.39 is 11.7 Å². The van der Waals surface area contributed by atoms with Crippen LogP contribution in [0.5, 0.6) is 0 Å². The number of carbonyl (C=O) groups is 1. The number of halogens is 4. The van der Waals surface area contributed by atoms with Gasteiger partial charge in [0.05, 0.1) is 12.1 Å². The number of piperazine rings is 1. The van der Waals surface area contributed by atoms with Crippen molar-refractivity contribution in [3.05, 3.63) is 64.7 Å². The zero-order valence-electron chi connectivity index (χ0n) is 15.2. The van der Waals surface area contributed by atoms with Crippen molar-refractivity contribution >= 4 is 23.2 Å². The van der Waals surface area contributed by atoms with Crippen LogP contribution in [0.2, 0.25) is 5.02 Å². The highest BCUT2D eigenvalue weighted by Gasteiger charge is 2.31. The highest BCUT2D eigenvalue weighted by molar-refractivity contribution is 6.30. The number of rotatable bonds is 5. The number of nitrogens with zero attached hydrogens (tertiary/aromatic N) is 2. The lowest BCUT2D eigenvalue weighted by molar-refractivity contribution is -0.137. The first-order chi connectivity index (χ1) is 13.3. The SMILES string of the molecule is O=C(CN1CCN(c2cccc(C(F)(F)F)c2)CC1)NCc1ccc(Cl)cc1. The molecule has 0 bridgehead atoms. The lowest BCUT2D eigenvalue weighted by atomic mass is 10.1. The van der Waals surface area contributed by atoms with Crippen molar-refractivity contribution in [2.24, 2.45) is 0 Å². The van der Waals surface area contributed by atoms with Gasteiger partial charge in [0.25, 0.3) is 0 Å². The van der Waals surface area contributed by atoms with Gasteiger partial charge in [0.1, 0.15) is 0 Å². The van der Waals surface area contributed by atoms with E-state index in [4.69, 9.17) is 11.6 Å². The molecule has 150 valence electrons. The van der Waals surface area contributed by atoms with Crippen molar-refractivity contribution in [3.63, 3.8) is 0 Å². The zero-order valence-corrected chi connectivity index (χ0v) is 15.9. The maximum absolute atomic E-state index is 12.9. The number of anilines is 1. The third-order valence-corrected chi connectivity index (χ3v) is 4.93. The van der Waals surface area contributed by atoms with Crippen LogP contribution in [-0.4, -0.2) is 43.5 Å². The Bertz CT molecular complexity index is 803. The molecule has 8 heteroatoms. The molecule has 1 amide bonds. The first kappa shape index (κ1) is 20.5. The molecule has 1 N–H and O–H groups in total. The van der Waals surface area contributed by atoms with E-state index in [9.17, 15) is 18.0 Å². The standard InChI is InChI=1S/C20H21ClF3N3O/c21-17-6-4-15(5-7-17)13-25-19(28)14-26-8-10-27(11-9-26)18-3-1-2-16(12-18)20(22,23)24/h1-7,12H,8-11,13-14H2,(H,25,28). The summed E-state index contributed by atoms with van der Waals surface area (Å²) in [6.07, 6.45) is -4.35. The van der Waals surface area contributed by atoms with Crippen LogP contribution in [0.1, 0.15) is 11.1 Å². The highest BCUT2D eigenvalue weighted by Crippen LogP contribution is 2.31. The van der Waals surface area contributed by atoms with E-state index in [0.717, 1.165) is 11.6 Å². The normalized spacial score (nSPS) is 15.5. The van der Waals surface area contributed by atoms with Gasteiger partial charge in [-0.3, -0.25) is 9.69 Å². The molecule has 1 aliphatic rings. The molecule has 28 heavy (non-hydrogen) atoms. The van der Waals surface area contributed by atoms with Gasteiger partial charge in [0.15, 0.2) is 0 Å². The molecule has 0 saturated carbocycles. The number of carbonyl (C=O) groups excluding carboxylic acids is 1. The Morgan fingerprint density at radius 2 is 1.71 bits per heavy atom. The monoisotopic (exact) mass is 411 g/mol. The number of nitrogens with one attached hydrogen (secondary N) is 1. The van der Waals surface area contributed by atoms with Crippen LogP contribution in [0.25, 0.3) is 0 Å². The minimum Gasteiger partial charge on any atom is -0.369 e. The van der Waals surface area contributed by atoms with Crippen LogP contribution in [0.4, 0.5) is 18.9 Å². The fourth-order valence-electron chi connectivity index (χ4n) is 3.11. The lowest BCUT2D eigenvalue weighted by Crippen LogP contribution is -2.49. The maximum atomic E-state index is 12.9. The van der Waals surface area contributed by atoms with Crippen molar-refractivity contribution in [1.29, 1.82) is 0 Å². The minimum atomic E-state index is -4.35. The zero-order chi connectivity index (χ0) is 20.1. The van der Waals surface area contributed by atoms with Crippen molar-refractivity contribution in [1.82, 2.24) is 10.2 Å². The summed E-state index contributed by atoms with van der Waals surface area (Å²) in [7, 11) is 0. The molecule has 0 aliphatic carbocycles. The van der Waals surface area contributed by atoms with Crippen molar-refractivity contribution in [2.45, 2.75) is 12.7 Å². The molecule has 2 aromatic carbocycles. The van der Waals surface area contributed by atoms with Crippen LogP contribution in [0.15, 0.2) is 48.5 Å². The molecular formula is C20H21ClF3N3O. The summed E-state index contributed by atoms with van der Waals surface area (Å²) in [5.41, 5.74) is 0.878. The van der Waals surface area contributed by atoms with E-state index in [1.807, 2.05) is 21.9 Å². The summed E-state index contributed by atoms with van der Waals surface area (Å²) in [5, 5.41) is 3.52. The number of benzene rings is 2. The predicted molar refractivity (Wildman–Crippen MR) is 103 cm³/mol. The second-order valence-electron chi connectivity index (χ2n) is 6.71. The minimum absolute atomic E-state index is 0.0810. The molecule has 1 heterocycles. The molecule has 0 radical (unpaired) electrons. The third kappa shape index (κ3) is 5.62. The fraction of sp³-hybridized carbons (Fsp3) is 0.350. The average molecular weight is 412 g/mol. The first-order valence-electron chi connectivity index (χ1n) is 8.97. The Morgan fingerprint density at radius 1 is 1.04 bits per heavy atom. The van der Waals surface area contributed by atoms with E-state index in [1.54, 1.807) is 18.2 Å². The summed E-state index contributed by atoms with van der Waals surface area (Å²) in [6, 6.07) is 12.6. The lowest BCUT2D eigenvalue weighted by Gasteiger charge is -2.36. The molecule has 3 rings (SSSR count). The van der Waals surface area contributed by atoms with Crippen LogP contribution in [-0.2, 0) is 17.5 Å². The second-order valence-corrected chi connectivity index (χ2v) is 7.15. The highest BCUT2D eigenvalue weighted by atomic mass is 35.5. The van der Waals surface area contributed by atoms with Gasteiger partial charge in [-0.05, 0) is 35.9 Å². The van der Waals surface area contributed by atoms with Gasteiger partial charge < -0.3 is 10.2 Å². The summed E-state index contributed by atoms with van der Waals surface area (Å²) in [4.78, 5) is 16.1. The van der Waals surface area contributed by atoms with Crippen LogP contribution in [0, 0.1) is 0 Å². The fourth-order valence-corrected chi connectivity index (χ4v) is 3.23. The molecule has 0 atom stereocenters. The number of hydrogen-bond donors (Lipinski definition) is 1. The molecule has 0 spiro atoms. The topological polar surface area (TPSA) is 35.6 Å². The number of amides is 1. The van der Waals surface area contributed by atoms with Gasteiger partial charge in [-0.2, -0.15) is 13.2 Å². The Kier molecular flexibility index (Phi) is 6.46. The summed E-state index contributed by atoms with van der Waals surface area (Å²) in [6.45, 7) is 3.08. The average Bonchev–Trinajstić information content (AvgIpc) is 2.68. The Balaban J connectivity index is 1.46. The van der Waals surface area contributed by atoms with E-state index in [2.05, 4.69) is 5.32 Å². The first-order valence-corrected chi connectivity index (χ1v) is 9.35. The molecule has 2 aromatic rings. The smallest absolute Gasteiger partial charge is 0.369 e. The maximum Gasteiger partial charge on any atom is 0.416 e. The van der Waals surface area contributed by atoms with E-state index in [-0.39, 0.29) is 12.5 Å². The van der Waals surface area contributed by atoms with Crippen LogP contribution >= 0.6 is 11.6 Å². The van der Waals surface area contributed by atoms with Crippen molar-refractivity contribution in [3.8, 4) is 0 Å². The summed E-state index contributed by atoms with van der Waals surface area (Å²) in [5.74, 6) is -0.0810. The molecule has 0 aromatic heterocycles. The molecule has 1 aliphatic heterocycles. The van der Waals surface area contributed by atoms with Gasteiger partial charge in [-0.15, -0.1) is 0 Å². The molecule has 1 saturated heterocycles. The van der Waals surface area contributed by atoms with E-state index in [1.165, 1.54) is 12.1 Å². The molecular weight excluding hydrogens is 391 g/mol. The summed E-state index contributed by atoms with van der Waals surface area (Å²) < 4.78 is 38.6. The molecule has 4 nitrogen and oxygen atoms in total. The van der Waals surface area contributed by atoms with Gasteiger partial charge in [-0.1, -0.05) is 29.8 Å². The van der Waals surface area contributed by atoms with Gasteiger partial charge in [0.2, 0.25) is 5.91 Å². The molecule has 0 unspecified atom stereocenters. The van der Waals surface area contributed by atoms with Gasteiger partial charge in [-0.25, -0.2) is 0 Å². The third-order valence-electron chi connectivity index (χ3n) is 4.68. The summed E-state index contributed by atoms with van der Waals surface area (Å²) >= 11 is 5.84. The van der Waals surface area contributed by atoms with E-state index >= 15 is 0 Å². The second kappa shape index (κ2) is 8.84. The molecule has 1 fully saturated rings. The number of alkyl halides is 3. The Morgan fingerprint density at radius 3 is 2.36 bits per heavy atom. The Labute approximate surface area is 166 Å². The van der Waals surface area contributed by atoms with Crippen LogP contribution < -0.4 is 10.2 Å². The van der Waals surface area contributed by atoms with Crippen molar-refractivity contribution < 1.29 is 18.0 Å². The van der Waals surface area contributed by atoms with Crippen molar-refractivity contribution in [2.75, 3.05) is 37.6 Å². The van der Waals surface area contributed by atoms with Gasteiger partial charge in [0, 0.05) is 43.4 Å². The van der Waals surface area contributed by atoms with E-state index in [0.29, 0.717) is 43.4 Å². The predicted octanol–water partition coefficient (Wildman–Crippen LogP) is 3.80. The Hall–Kier alpha value is -2.25. The number of hydrogen-bond acceptors (Lipinski definition) is 3.